The first-order valence-corrected chi connectivity index (χ1v) is 4.53. The molecule has 0 aliphatic carbocycles. The molecule has 0 aromatic rings. The molecule has 1 unspecified atom stereocenters. The number of nitrogens with zero attached hydrogens (tertiary/aromatic N) is 1. The van der Waals surface area contributed by atoms with Crippen LogP contribution >= 0.6 is 0 Å². The monoisotopic (exact) mass is 170 g/mol. The fourth-order valence-electron chi connectivity index (χ4n) is 1.84. The van der Waals surface area contributed by atoms with E-state index in [1.165, 1.54) is 19.3 Å². The molecule has 0 aromatic carbocycles. The van der Waals surface area contributed by atoms with E-state index in [9.17, 15) is 4.79 Å². The molecular formula is C8H14N2O2. The van der Waals surface area contributed by atoms with Crippen LogP contribution in [0.3, 0.4) is 0 Å². The van der Waals surface area contributed by atoms with Crippen molar-refractivity contribution in [3.8, 4) is 0 Å². The number of piperidine rings is 1. The van der Waals surface area contributed by atoms with Gasteiger partial charge in [-0.25, -0.2) is 5.48 Å². The average Bonchev–Trinajstić information content (AvgIpc) is 2.53. The fourth-order valence-corrected chi connectivity index (χ4v) is 1.84. The molecule has 0 radical (unpaired) electrons. The first-order chi connectivity index (χ1) is 5.88. The molecule has 2 rings (SSSR count). The summed E-state index contributed by atoms with van der Waals surface area (Å²) in [7, 11) is 0. The second kappa shape index (κ2) is 3.41. The van der Waals surface area contributed by atoms with Crippen LogP contribution in [0.4, 0.5) is 0 Å². The van der Waals surface area contributed by atoms with E-state index < -0.39 is 0 Å². The van der Waals surface area contributed by atoms with Gasteiger partial charge in [0.25, 0.3) is 5.91 Å². The zero-order chi connectivity index (χ0) is 8.39. The van der Waals surface area contributed by atoms with Crippen molar-refractivity contribution in [1.29, 1.82) is 0 Å². The molecule has 1 atom stereocenters. The maximum atomic E-state index is 11.2. The second-order valence-corrected chi connectivity index (χ2v) is 3.39. The molecule has 4 nitrogen and oxygen atoms in total. The number of hydrogen-bond donors (Lipinski definition) is 1. The molecule has 0 saturated carbocycles. The molecule has 4 heteroatoms. The van der Waals surface area contributed by atoms with Crippen LogP contribution in [0.1, 0.15) is 19.3 Å². The Labute approximate surface area is 71.8 Å². The Bertz CT molecular complexity index is 178. The summed E-state index contributed by atoms with van der Waals surface area (Å²) < 4.78 is 0. The maximum Gasteiger partial charge on any atom is 0.263 e. The molecule has 2 aliphatic rings. The zero-order valence-electron chi connectivity index (χ0n) is 7.08. The van der Waals surface area contributed by atoms with E-state index in [2.05, 4.69) is 10.4 Å². The van der Waals surface area contributed by atoms with Gasteiger partial charge < -0.3 is 0 Å². The highest BCUT2D eigenvalue weighted by molar-refractivity contribution is 5.82. The summed E-state index contributed by atoms with van der Waals surface area (Å²) >= 11 is 0. The summed E-state index contributed by atoms with van der Waals surface area (Å²) in [5, 5.41) is 0. The van der Waals surface area contributed by atoms with Gasteiger partial charge in [0.1, 0.15) is 6.04 Å². The lowest BCUT2D eigenvalue weighted by atomic mass is 10.1. The first-order valence-electron chi connectivity index (χ1n) is 4.53. The van der Waals surface area contributed by atoms with E-state index >= 15 is 0 Å². The van der Waals surface area contributed by atoms with Crippen molar-refractivity contribution < 1.29 is 9.63 Å². The van der Waals surface area contributed by atoms with Gasteiger partial charge in [-0.2, -0.15) is 0 Å². The number of carbonyl (C=O) groups excluding carboxylic acids is 1. The van der Waals surface area contributed by atoms with Crippen molar-refractivity contribution in [2.45, 2.75) is 25.3 Å². The highest BCUT2D eigenvalue weighted by atomic mass is 16.7. The molecule has 1 N–H and O–H groups in total. The largest absolute Gasteiger partial charge is 0.290 e. The highest BCUT2D eigenvalue weighted by Crippen LogP contribution is 2.14. The van der Waals surface area contributed by atoms with Gasteiger partial charge >= 0.3 is 0 Å². The highest BCUT2D eigenvalue weighted by Gasteiger charge is 2.31. The number of hydroxylamine groups is 1. The molecule has 1 amide bonds. The maximum absolute atomic E-state index is 11.2. The normalized spacial score (nSPS) is 32.0. The van der Waals surface area contributed by atoms with Crippen molar-refractivity contribution in [2.24, 2.45) is 0 Å². The number of amides is 1. The molecule has 2 saturated heterocycles. The Balaban J connectivity index is 1.93. The molecule has 68 valence electrons. The van der Waals surface area contributed by atoms with Crippen LogP contribution in [-0.4, -0.2) is 36.5 Å². The van der Waals surface area contributed by atoms with Crippen LogP contribution in [0.2, 0.25) is 0 Å². The minimum atomic E-state index is -0.0229. The summed E-state index contributed by atoms with van der Waals surface area (Å²) in [6.07, 6.45) is 3.72. The Kier molecular flexibility index (Phi) is 2.28. The molecule has 0 spiro atoms. The lowest BCUT2D eigenvalue weighted by molar-refractivity contribution is -0.127. The van der Waals surface area contributed by atoms with Gasteiger partial charge in [0.2, 0.25) is 0 Å². The van der Waals surface area contributed by atoms with E-state index in [1.807, 2.05) is 0 Å². The number of nitrogens with one attached hydrogen (secondary N) is 1. The van der Waals surface area contributed by atoms with E-state index in [0.717, 1.165) is 13.1 Å². The van der Waals surface area contributed by atoms with Gasteiger partial charge in [-0.15, -0.1) is 0 Å². The minimum absolute atomic E-state index is 0.0229. The topological polar surface area (TPSA) is 41.6 Å². The summed E-state index contributed by atoms with van der Waals surface area (Å²) in [4.78, 5) is 18.3. The Morgan fingerprint density at radius 1 is 1.33 bits per heavy atom. The van der Waals surface area contributed by atoms with Crippen LogP contribution in [0.15, 0.2) is 0 Å². The summed E-state index contributed by atoms with van der Waals surface area (Å²) in [6.45, 7) is 2.60. The summed E-state index contributed by atoms with van der Waals surface area (Å²) in [6, 6.07) is -0.0229. The smallest absolute Gasteiger partial charge is 0.263 e. The fraction of sp³-hybridized carbons (Fsp3) is 0.875. The number of rotatable bonds is 1. The Morgan fingerprint density at radius 3 is 2.67 bits per heavy atom. The van der Waals surface area contributed by atoms with Crippen molar-refractivity contribution in [2.75, 3.05) is 19.7 Å². The average molecular weight is 170 g/mol. The van der Waals surface area contributed by atoms with Crippen LogP contribution in [0, 0.1) is 0 Å². The predicted octanol–water partition coefficient (Wildman–Crippen LogP) is -0.0977. The SMILES string of the molecule is O=C1NOCC1N1CCCCC1. The first kappa shape index (κ1) is 8.01. The van der Waals surface area contributed by atoms with Crippen molar-refractivity contribution in [3.63, 3.8) is 0 Å². The summed E-state index contributed by atoms with van der Waals surface area (Å²) in [5.41, 5.74) is 2.39. The summed E-state index contributed by atoms with van der Waals surface area (Å²) in [5.74, 6) is 0.0249. The molecular weight excluding hydrogens is 156 g/mol. The van der Waals surface area contributed by atoms with Crippen molar-refractivity contribution >= 4 is 5.91 Å². The molecule has 2 fully saturated rings. The number of hydrogen-bond acceptors (Lipinski definition) is 3. The van der Waals surface area contributed by atoms with Gasteiger partial charge in [0.05, 0.1) is 6.61 Å². The van der Waals surface area contributed by atoms with Crippen LogP contribution in [0.25, 0.3) is 0 Å². The van der Waals surface area contributed by atoms with Gasteiger partial charge in [0, 0.05) is 0 Å². The van der Waals surface area contributed by atoms with Crippen LogP contribution in [0.5, 0.6) is 0 Å². The lowest BCUT2D eigenvalue weighted by Gasteiger charge is -2.29. The third kappa shape index (κ3) is 1.44. The third-order valence-electron chi connectivity index (χ3n) is 2.55. The quantitative estimate of drug-likeness (QED) is 0.597. The number of likely N-dealkylation sites (tertiary alicyclic amines) is 1. The van der Waals surface area contributed by atoms with Crippen molar-refractivity contribution in [1.82, 2.24) is 10.4 Å². The third-order valence-corrected chi connectivity index (χ3v) is 2.55. The lowest BCUT2D eigenvalue weighted by Crippen LogP contribution is -2.44. The molecule has 2 heterocycles. The van der Waals surface area contributed by atoms with Gasteiger partial charge in [0.15, 0.2) is 0 Å². The van der Waals surface area contributed by atoms with Gasteiger partial charge in [-0.1, -0.05) is 6.42 Å². The standard InChI is InChI=1S/C8H14N2O2/c11-8-7(6-12-9-8)10-4-2-1-3-5-10/h7H,1-6H2,(H,9,11). The number of carbonyl (C=O) groups is 1. The Morgan fingerprint density at radius 2 is 2.08 bits per heavy atom. The Hall–Kier alpha value is -0.610. The van der Waals surface area contributed by atoms with Crippen molar-refractivity contribution in [3.05, 3.63) is 0 Å². The van der Waals surface area contributed by atoms with E-state index in [-0.39, 0.29) is 11.9 Å². The van der Waals surface area contributed by atoms with E-state index in [0.29, 0.717) is 6.61 Å². The van der Waals surface area contributed by atoms with E-state index in [1.54, 1.807) is 0 Å². The zero-order valence-corrected chi connectivity index (χ0v) is 7.08. The molecule has 0 aromatic heterocycles. The van der Waals surface area contributed by atoms with Crippen LogP contribution < -0.4 is 5.48 Å². The molecule has 12 heavy (non-hydrogen) atoms. The molecule has 0 bridgehead atoms. The van der Waals surface area contributed by atoms with Gasteiger partial charge in [-0.05, 0) is 25.9 Å². The second-order valence-electron chi connectivity index (χ2n) is 3.39. The van der Waals surface area contributed by atoms with E-state index in [4.69, 9.17) is 4.84 Å². The predicted molar refractivity (Wildman–Crippen MR) is 43.3 cm³/mol. The molecule has 2 aliphatic heterocycles. The van der Waals surface area contributed by atoms with Crippen LogP contribution in [-0.2, 0) is 9.63 Å². The minimum Gasteiger partial charge on any atom is -0.290 e. The van der Waals surface area contributed by atoms with Gasteiger partial charge in [-0.3, -0.25) is 14.5 Å².